The van der Waals surface area contributed by atoms with E-state index in [9.17, 15) is 20.0 Å². The summed E-state index contributed by atoms with van der Waals surface area (Å²) in [5.41, 5.74) is 3.00. The number of benzene rings is 2. The van der Waals surface area contributed by atoms with E-state index in [1.54, 1.807) is 18.2 Å². The van der Waals surface area contributed by atoms with Crippen LogP contribution < -0.4 is 5.43 Å². The van der Waals surface area contributed by atoms with Crippen LogP contribution in [0, 0.1) is 17.0 Å². The molecule has 0 heterocycles. The second kappa shape index (κ2) is 7.41. The molecule has 2 aromatic rings. The highest BCUT2D eigenvalue weighted by Gasteiger charge is 2.17. The first-order valence-electron chi connectivity index (χ1n) is 6.56. The molecule has 0 aromatic heterocycles. The number of nitro groups is 1. The third kappa shape index (κ3) is 4.09. The van der Waals surface area contributed by atoms with Crippen molar-refractivity contribution in [2.75, 3.05) is 0 Å². The normalized spacial score (nSPS) is 10.8. The van der Waals surface area contributed by atoms with Crippen LogP contribution in [0.5, 0.6) is 5.75 Å². The van der Waals surface area contributed by atoms with Crippen molar-refractivity contribution >= 4 is 45.3 Å². The zero-order valence-electron chi connectivity index (χ0n) is 12.3. The maximum atomic E-state index is 12.0. The predicted octanol–water partition coefficient (Wildman–Crippen LogP) is 3.79. The van der Waals surface area contributed by atoms with Gasteiger partial charge in [0.25, 0.3) is 5.91 Å². The minimum atomic E-state index is -0.720. The summed E-state index contributed by atoms with van der Waals surface area (Å²) in [4.78, 5) is 22.1. The number of aromatic hydroxyl groups is 1. The van der Waals surface area contributed by atoms with Gasteiger partial charge in [0, 0.05) is 16.1 Å². The molecule has 0 aliphatic rings. The van der Waals surface area contributed by atoms with E-state index < -0.39 is 22.3 Å². The second-order valence-electron chi connectivity index (χ2n) is 4.80. The van der Waals surface area contributed by atoms with E-state index in [0.717, 1.165) is 17.8 Å². The summed E-state index contributed by atoms with van der Waals surface area (Å²) in [5, 5.41) is 24.7. The molecule has 0 aliphatic carbocycles. The smallest absolute Gasteiger partial charge is 0.312 e. The highest BCUT2D eigenvalue weighted by atomic mass is 79.9. The van der Waals surface area contributed by atoms with Crippen LogP contribution in [0.25, 0.3) is 0 Å². The highest BCUT2D eigenvalue weighted by molar-refractivity contribution is 9.10. The third-order valence-corrected chi connectivity index (χ3v) is 3.79. The van der Waals surface area contributed by atoms with Crippen LogP contribution >= 0.6 is 27.5 Å². The summed E-state index contributed by atoms with van der Waals surface area (Å²) in [6.45, 7) is 1.84. The molecular formula is C15H11BrClN3O4. The maximum Gasteiger partial charge on any atom is 0.312 e. The number of rotatable bonds is 4. The first kappa shape index (κ1) is 17.9. The molecule has 0 fully saturated rings. The van der Waals surface area contributed by atoms with Crippen molar-refractivity contribution < 1.29 is 14.8 Å². The largest absolute Gasteiger partial charge is 0.502 e. The van der Waals surface area contributed by atoms with E-state index in [4.69, 9.17) is 11.6 Å². The number of carbonyl (C=O) groups is 1. The molecule has 2 rings (SSSR count). The average Bonchev–Trinajstić information content (AvgIpc) is 2.49. The number of nitrogens with one attached hydrogen (secondary N) is 1. The lowest BCUT2D eigenvalue weighted by Crippen LogP contribution is -2.18. The quantitative estimate of drug-likeness (QED) is 0.453. The van der Waals surface area contributed by atoms with Gasteiger partial charge in [-0.3, -0.25) is 14.9 Å². The number of phenols is 1. The molecule has 0 saturated heterocycles. The number of phenolic OH excluding ortho intramolecular Hbond substituents is 1. The number of nitrogens with zero attached hydrogens (tertiary/aromatic N) is 2. The standard InChI is InChI=1S/C15H11BrClN3O4/c1-8-2-3-11(12(17)4-8)15(22)19-18-7-9-5-10(16)6-13(14(9)21)20(23)24/h2-7,21H,1H3,(H,19,22)/b18-7-. The van der Waals surface area contributed by atoms with Crippen molar-refractivity contribution in [2.45, 2.75) is 6.92 Å². The Hall–Kier alpha value is -2.45. The molecule has 9 heteroatoms. The Kier molecular flexibility index (Phi) is 5.53. The molecule has 0 saturated carbocycles. The molecule has 0 bridgehead atoms. The van der Waals surface area contributed by atoms with E-state index in [1.165, 1.54) is 6.07 Å². The summed E-state index contributed by atoms with van der Waals surface area (Å²) in [7, 11) is 0. The van der Waals surface area contributed by atoms with Gasteiger partial charge in [-0.1, -0.05) is 33.6 Å². The first-order valence-corrected chi connectivity index (χ1v) is 7.73. The van der Waals surface area contributed by atoms with Crippen LogP contribution in [0.15, 0.2) is 39.9 Å². The van der Waals surface area contributed by atoms with E-state index in [2.05, 4.69) is 26.5 Å². The molecule has 0 unspecified atom stereocenters. The molecule has 2 N–H and O–H groups in total. The Morgan fingerprint density at radius 3 is 2.75 bits per heavy atom. The van der Waals surface area contributed by atoms with Crippen molar-refractivity contribution in [3.8, 4) is 5.75 Å². The van der Waals surface area contributed by atoms with Crippen molar-refractivity contribution in [1.29, 1.82) is 0 Å². The molecule has 24 heavy (non-hydrogen) atoms. The van der Waals surface area contributed by atoms with Crippen LogP contribution in [0.4, 0.5) is 5.69 Å². The fraction of sp³-hybridized carbons (Fsp3) is 0.0667. The van der Waals surface area contributed by atoms with Gasteiger partial charge in [-0.05, 0) is 30.7 Å². The Morgan fingerprint density at radius 1 is 1.42 bits per heavy atom. The molecule has 0 aliphatic heterocycles. The van der Waals surface area contributed by atoms with Gasteiger partial charge in [0.1, 0.15) is 0 Å². The van der Waals surface area contributed by atoms with Crippen LogP contribution in [0.1, 0.15) is 21.5 Å². The zero-order chi connectivity index (χ0) is 17.9. The van der Waals surface area contributed by atoms with E-state index >= 15 is 0 Å². The summed E-state index contributed by atoms with van der Waals surface area (Å²) in [6, 6.07) is 7.52. The Balaban J connectivity index is 2.20. The van der Waals surface area contributed by atoms with Gasteiger partial charge in [0.2, 0.25) is 5.75 Å². The van der Waals surface area contributed by atoms with Crippen LogP contribution in [-0.4, -0.2) is 22.2 Å². The summed E-state index contributed by atoms with van der Waals surface area (Å²) >= 11 is 9.10. The molecular weight excluding hydrogens is 402 g/mol. The number of aryl methyl sites for hydroxylation is 1. The van der Waals surface area contributed by atoms with Crippen molar-refractivity contribution in [1.82, 2.24) is 5.43 Å². The SMILES string of the molecule is Cc1ccc(C(=O)N/N=C\c2cc(Br)cc([N+](=O)[O-])c2O)c(Cl)c1. The van der Waals surface area contributed by atoms with E-state index in [0.29, 0.717) is 4.47 Å². The number of amides is 1. The monoisotopic (exact) mass is 411 g/mol. The highest BCUT2D eigenvalue weighted by Crippen LogP contribution is 2.32. The number of carbonyl (C=O) groups excluding carboxylic acids is 1. The molecule has 0 radical (unpaired) electrons. The molecule has 0 spiro atoms. The zero-order valence-corrected chi connectivity index (χ0v) is 14.6. The number of nitro benzene ring substituents is 1. The van der Waals surface area contributed by atoms with Crippen LogP contribution in [0.3, 0.4) is 0 Å². The summed E-state index contributed by atoms with van der Waals surface area (Å²) in [6.07, 6.45) is 1.10. The lowest BCUT2D eigenvalue weighted by atomic mass is 10.1. The van der Waals surface area contributed by atoms with E-state index in [1.807, 2.05) is 6.92 Å². The van der Waals surface area contributed by atoms with Gasteiger partial charge in [0.05, 0.1) is 21.7 Å². The number of halogens is 2. The maximum absolute atomic E-state index is 12.0. The fourth-order valence-electron chi connectivity index (χ4n) is 1.87. The van der Waals surface area contributed by atoms with Crippen molar-refractivity contribution in [3.63, 3.8) is 0 Å². The lowest BCUT2D eigenvalue weighted by Gasteiger charge is -2.04. The van der Waals surface area contributed by atoms with Gasteiger partial charge in [-0.25, -0.2) is 5.43 Å². The Morgan fingerprint density at radius 2 is 2.12 bits per heavy atom. The van der Waals surface area contributed by atoms with Crippen molar-refractivity contribution in [2.24, 2.45) is 5.10 Å². The topological polar surface area (TPSA) is 105 Å². The van der Waals surface area contributed by atoms with Crippen LogP contribution in [0.2, 0.25) is 5.02 Å². The van der Waals surface area contributed by atoms with Gasteiger partial charge in [-0.15, -0.1) is 0 Å². The second-order valence-corrected chi connectivity index (χ2v) is 6.13. The average molecular weight is 413 g/mol. The summed E-state index contributed by atoms with van der Waals surface area (Å²) < 4.78 is 0.390. The lowest BCUT2D eigenvalue weighted by molar-refractivity contribution is -0.385. The molecule has 1 amide bonds. The number of hydrogen-bond donors (Lipinski definition) is 2. The molecule has 2 aromatic carbocycles. The van der Waals surface area contributed by atoms with Gasteiger partial charge >= 0.3 is 5.69 Å². The van der Waals surface area contributed by atoms with Gasteiger partial charge in [-0.2, -0.15) is 5.10 Å². The fourth-order valence-corrected chi connectivity index (χ4v) is 2.65. The molecule has 7 nitrogen and oxygen atoms in total. The number of hydrazone groups is 1. The Bertz CT molecular complexity index is 855. The number of hydrogen-bond acceptors (Lipinski definition) is 5. The Labute approximate surface area is 150 Å². The third-order valence-electron chi connectivity index (χ3n) is 3.02. The predicted molar refractivity (Wildman–Crippen MR) is 93.7 cm³/mol. The molecule has 0 atom stereocenters. The van der Waals surface area contributed by atoms with E-state index in [-0.39, 0.29) is 16.1 Å². The molecule has 124 valence electrons. The first-order chi connectivity index (χ1) is 11.3. The minimum Gasteiger partial charge on any atom is -0.502 e. The van der Waals surface area contributed by atoms with Gasteiger partial charge in [0.15, 0.2) is 0 Å². The van der Waals surface area contributed by atoms with Crippen LogP contribution in [-0.2, 0) is 0 Å². The minimum absolute atomic E-state index is 0.0754. The van der Waals surface area contributed by atoms with Gasteiger partial charge < -0.3 is 5.11 Å². The summed E-state index contributed by atoms with van der Waals surface area (Å²) in [5.74, 6) is -1.09. The van der Waals surface area contributed by atoms with Crippen molar-refractivity contribution in [3.05, 3.63) is 66.6 Å².